The van der Waals surface area contributed by atoms with Crippen molar-refractivity contribution in [2.45, 2.75) is 98.8 Å². The van der Waals surface area contributed by atoms with Gasteiger partial charge in [-0.2, -0.15) is 0 Å². The van der Waals surface area contributed by atoms with E-state index in [-0.39, 0.29) is 0 Å². The molecule has 20 heavy (non-hydrogen) atoms. The Morgan fingerprint density at radius 3 is 1.10 bits per heavy atom. The van der Waals surface area contributed by atoms with E-state index < -0.39 is 8.72 Å². The van der Waals surface area contributed by atoms with E-state index in [1.807, 2.05) is 0 Å². The third kappa shape index (κ3) is 7.74. The third-order valence-electron chi connectivity index (χ3n) is 3.73. The fourth-order valence-electron chi connectivity index (χ4n) is 2.10. The fraction of sp³-hybridized carbons (Fsp3) is 1.00. The molecule has 0 saturated carbocycles. The Bertz CT molecular complexity index is 217. The maximum absolute atomic E-state index is 3.85. The van der Waals surface area contributed by atoms with Gasteiger partial charge in [-0.05, 0) is 25.3 Å². The molecule has 0 aromatic rings. The highest BCUT2D eigenvalue weighted by atomic mass is 28.4. The van der Waals surface area contributed by atoms with E-state index in [0.29, 0.717) is 24.2 Å². The monoisotopic (exact) mass is 302 g/mol. The second-order valence-corrected chi connectivity index (χ2v) is 9.06. The van der Waals surface area contributed by atoms with Gasteiger partial charge in [-0.1, -0.05) is 55.4 Å². The second kappa shape index (κ2) is 9.90. The molecule has 0 aliphatic carbocycles. The minimum atomic E-state index is -2.11. The van der Waals surface area contributed by atoms with Crippen molar-refractivity contribution < 1.29 is 0 Å². The van der Waals surface area contributed by atoms with Gasteiger partial charge in [0.25, 0.3) is 0 Å². The van der Waals surface area contributed by atoms with Gasteiger partial charge in [0.2, 0.25) is 0 Å². The summed E-state index contributed by atoms with van der Waals surface area (Å²) in [7, 11) is -2.11. The SMILES string of the molecule is CCC(C)N[Si](NC(C)C)(NC(C)CC)NC(C)CC. The van der Waals surface area contributed by atoms with Crippen LogP contribution in [0.3, 0.4) is 0 Å². The first kappa shape index (κ1) is 20.1. The molecule has 0 bridgehead atoms. The molecule has 3 atom stereocenters. The van der Waals surface area contributed by atoms with Crippen LogP contribution in [-0.4, -0.2) is 32.9 Å². The summed E-state index contributed by atoms with van der Waals surface area (Å²) in [4.78, 5) is 15.3. The highest BCUT2D eigenvalue weighted by molar-refractivity contribution is 6.70. The zero-order valence-corrected chi connectivity index (χ0v) is 15.9. The molecule has 0 aliphatic heterocycles. The molecule has 0 heterocycles. The van der Waals surface area contributed by atoms with Crippen molar-refractivity contribution in [3.63, 3.8) is 0 Å². The van der Waals surface area contributed by atoms with Crippen LogP contribution < -0.4 is 19.9 Å². The van der Waals surface area contributed by atoms with E-state index in [0.717, 1.165) is 19.3 Å². The van der Waals surface area contributed by atoms with Crippen LogP contribution in [0.4, 0.5) is 0 Å². The summed E-state index contributed by atoms with van der Waals surface area (Å²) >= 11 is 0. The average Bonchev–Trinajstić information content (AvgIpc) is 2.36. The smallest absolute Gasteiger partial charge is 0.298 e. The molecule has 0 fully saturated rings. The van der Waals surface area contributed by atoms with Crippen LogP contribution in [0.25, 0.3) is 0 Å². The first-order chi connectivity index (χ1) is 9.28. The van der Waals surface area contributed by atoms with Crippen LogP contribution in [0.2, 0.25) is 0 Å². The molecule has 0 aromatic carbocycles. The Morgan fingerprint density at radius 1 is 0.600 bits per heavy atom. The molecule has 4 N–H and O–H groups in total. The van der Waals surface area contributed by atoms with Crippen molar-refractivity contribution in [3.05, 3.63) is 0 Å². The van der Waals surface area contributed by atoms with E-state index in [9.17, 15) is 0 Å². The maximum Gasteiger partial charge on any atom is 0.366 e. The van der Waals surface area contributed by atoms with Gasteiger partial charge in [-0.25, -0.2) is 0 Å². The van der Waals surface area contributed by atoms with Crippen LogP contribution in [0, 0.1) is 0 Å². The lowest BCUT2D eigenvalue weighted by molar-refractivity contribution is 0.503. The first-order valence-electron chi connectivity index (χ1n) is 8.39. The van der Waals surface area contributed by atoms with Crippen LogP contribution in [0.1, 0.15) is 74.7 Å². The molecule has 4 nitrogen and oxygen atoms in total. The Balaban J connectivity index is 5.14. The van der Waals surface area contributed by atoms with Gasteiger partial charge in [0, 0.05) is 18.1 Å². The van der Waals surface area contributed by atoms with Crippen LogP contribution in [-0.2, 0) is 0 Å². The van der Waals surface area contributed by atoms with Crippen molar-refractivity contribution >= 4 is 8.72 Å². The lowest BCUT2D eigenvalue weighted by Gasteiger charge is -2.41. The Kier molecular flexibility index (Phi) is 9.92. The Morgan fingerprint density at radius 2 is 0.900 bits per heavy atom. The normalized spacial score (nSPS) is 19.6. The van der Waals surface area contributed by atoms with Gasteiger partial charge >= 0.3 is 8.72 Å². The number of nitrogens with one attached hydrogen (secondary N) is 4. The van der Waals surface area contributed by atoms with Gasteiger partial charge in [-0.3, -0.25) is 19.9 Å². The van der Waals surface area contributed by atoms with Gasteiger partial charge in [0.05, 0.1) is 0 Å². The van der Waals surface area contributed by atoms with Crippen molar-refractivity contribution in [3.8, 4) is 0 Å². The zero-order valence-electron chi connectivity index (χ0n) is 14.9. The van der Waals surface area contributed by atoms with Crippen molar-refractivity contribution in [1.82, 2.24) is 19.9 Å². The molecule has 0 radical (unpaired) electrons. The molecule has 0 amide bonds. The lowest BCUT2D eigenvalue weighted by atomic mass is 10.3. The number of hydrogen-bond donors (Lipinski definition) is 4. The number of rotatable bonds is 11. The van der Waals surface area contributed by atoms with Gasteiger partial charge in [0.15, 0.2) is 0 Å². The summed E-state index contributed by atoms with van der Waals surface area (Å²) in [6.45, 7) is 17.9. The van der Waals surface area contributed by atoms with E-state index in [1.165, 1.54) is 0 Å². The van der Waals surface area contributed by atoms with Crippen molar-refractivity contribution in [1.29, 1.82) is 0 Å². The molecule has 0 aromatic heterocycles. The van der Waals surface area contributed by atoms with E-state index in [1.54, 1.807) is 0 Å². The van der Waals surface area contributed by atoms with Crippen molar-refractivity contribution in [2.75, 3.05) is 0 Å². The summed E-state index contributed by atoms with van der Waals surface area (Å²) in [6.07, 6.45) is 3.41. The van der Waals surface area contributed by atoms with E-state index in [2.05, 4.69) is 75.3 Å². The van der Waals surface area contributed by atoms with Crippen LogP contribution >= 0.6 is 0 Å². The molecule has 5 heteroatoms. The maximum atomic E-state index is 3.85. The predicted octanol–water partition coefficient (Wildman–Crippen LogP) is 2.58. The Labute approximate surface area is 128 Å². The first-order valence-corrected chi connectivity index (χ1v) is 10.4. The largest absolute Gasteiger partial charge is 0.366 e. The zero-order chi connectivity index (χ0) is 15.8. The highest BCUT2D eigenvalue weighted by Gasteiger charge is 2.38. The summed E-state index contributed by atoms with van der Waals surface area (Å²) in [5.74, 6) is 0. The molecule has 0 rings (SSSR count). The average molecular weight is 303 g/mol. The van der Waals surface area contributed by atoms with Gasteiger partial charge < -0.3 is 0 Å². The number of hydrogen-bond acceptors (Lipinski definition) is 4. The molecule has 0 aliphatic rings. The topological polar surface area (TPSA) is 48.1 Å². The molecular weight excluding hydrogens is 264 g/mol. The standard InChI is InChI=1S/C15H38N4Si/c1-9-13(6)17-20(16-12(4)5,18-14(7)10-2)19-15(8)11-3/h12-19H,9-11H2,1-8H3. The highest BCUT2D eigenvalue weighted by Crippen LogP contribution is 2.02. The third-order valence-corrected chi connectivity index (χ3v) is 7.52. The van der Waals surface area contributed by atoms with Crippen LogP contribution in [0.15, 0.2) is 0 Å². The lowest BCUT2D eigenvalue weighted by Crippen LogP contribution is -2.85. The fourth-order valence-corrected chi connectivity index (χ4v) is 6.29. The van der Waals surface area contributed by atoms with E-state index in [4.69, 9.17) is 0 Å². The summed E-state index contributed by atoms with van der Waals surface area (Å²) in [5.41, 5.74) is 0. The quantitative estimate of drug-likeness (QED) is 0.443. The van der Waals surface area contributed by atoms with Crippen LogP contribution in [0.5, 0.6) is 0 Å². The summed E-state index contributed by atoms with van der Waals surface area (Å²) in [6, 6.07) is 1.95. The molecule has 0 saturated heterocycles. The predicted molar refractivity (Wildman–Crippen MR) is 92.7 cm³/mol. The van der Waals surface area contributed by atoms with Gasteiger partial charge in [-0.15, -0.1) is 0 Å². The summed E-state index contributed by atoms with van der Waals surface area (Å²) in [5, 5.41) is 0. The summed E-state index contributed by atoms with van der Waals surface area (Å²) < 4.78 is 0. The van der Waals surface area contributed by atoms with Crippen molar-refractivity contribution in [2.24, 2.45) is 0 Å². The Hall–Kier alpha value is 0.0569. The second-order valence-electron chi connectivity index (χ2n) is 6.41. The molecule has 3 unspecified atom stereocenters. The molecular formula is C15H38N4Si. The minimum Gasteiger partial charge on any atom is -0.298 e. The molecule has 0 spiro atoms. The van der Waals surface area contributed by atoms with Gasteiger partial charge in [0.1, 0.15) is 0 Å². The van der Waals surface area contributed by atoms with E-state index >= 15 is 0 Å². The minimum absolute atomic E-state index is 0.450. The molecule has 122 valence electrons.